The van der Waals surface area contributed by atoms with Gasteiger partial charge in [-0.1, -0.05) is 0 Å². The van der Waals surface area contributed by atoms with Gasteiger partial charge in [-0.25, -0.2) is 9.59 Å². The van der Waals surface area contributed by atoms with Crippen molar-refractivity contribution < 1.29 is 44.0 Å². The van der Waals surface area contributed by atoms with Gasteiger partial charge in [-0.2, -0.15) is 0 Å². The maximum absolute atomic E-state index is 9.21. The molecule has 0 aliphatic carbocycles. The molecule has 7 nitrogen and oxygen atoms in total. The Morgan fingerprint density at radius 1 is 1.00 bits per heavy atom. The van der Waals surface area contributed by atoms with Gasteiger partial charge in [0.2, 0.25) is 0 Å². The third-order valence-electron chi connectivity index (χ3n) is 0.175. The maximum Gasteiger partial charge on any atom is 0.516 e. The summed E-state index contributed by atoms with van der Waals surface area (Å²) < 4.78 is 3.08. The minimum atomic E-state index is -1.81. The summed E-state index contributed by atoms with van der Waals surface area (Å²) in [6.07, 6.45) is -3.62. The van der Waals surface area contributed by atoms with Crippen molar-refractivity contribution in [2.24, 2.45) is 0 Å². The molecule has 0 saturated carbocycles. The zero-order chi connectivity index (χ0) is 5.86. The molecule has 0 aromatic carbocycles. The van der Waals surface area contributed by atoms with Crippen molar-refractivity contribution in [1.82, 2.24) is 12.3 Å². The first-order valence-corrected chi connectivity index (χ1v) is 1.26. The first-order valence-electron chi connectivity index (χ1n) is 1.26. The zero-order valence-corrected chi connectivity index (χ0v) is 8.21. The monoisotopic (exact) mass is 204 g/mol. The maximum atomic E-state index is 9.21. The van der Waals surface area contributed by atoms with Crippen LogP contribution in [0.4, 0.5) is 9.59 Å². The number of carboxylic acid groups (broad SMARTS) is 2. The molecule has 0 heterocycles. The first-order chi connectivity index (χ1) is 3.13. The normalized spacial score (nSPS) is 5.20. The van der Waals surface area contributed by atoms with E-state index in [-0.39, 0.29) is 31.8 Å². The van der Waals surface area contributed by atoms with Gasteiger partial charge in [0.25, 0.3) is 0 Å². The molecule has 8 N–H and O–H groups in total. The average Bonchev–Trinajstić information content (AvgIpc) is 1.27. The molecular formula is C2H8N2O5Zn. The molecule has 0 amide bonds. The molecule has 10 heavy (non-hydrogen) atoms. The Kier molecular flexibility index (Phi) is 25.4. The molecule has 8 heteroatoms. The van der Waals surface area contributed by atoms with Crippen LogP contribution in [0.25, 0.3) is 0 Å². The molecule has 0 aliphatic rings. The van der Waals surface area contributed by atoms with Crippen LogP contribution in [0.15, 0.2) is 0 Å². The van der Waals surface area contributed by atoms with Crippen LogP contribution in [0.2, 0.25) is 0 Å². The van der Waals surface area contributed by atoms with Gasteiger partial charge in [-0.05, 0) is 0 Å². The summed E-state index contributed by atoms with van der Waals surface area (Å²) in [5, 5.41) is 15.0. The number of hydrogen-bond acceptors (Lipinski definition) is 5. The molecule has 0 rings (SSSR count). The van der Waals surface area contributed by atoms with Gasteiger partial charge in [-0.15, -0.1) is 0 Å². The Morgan fingerprint density at radius 2 is 1.20 bits per heavy atom. The quantitative estimate of drug-likeness (QED) is 0.257. The Balaban J connectivity index is -0.0000000600. The molecule has 0 aliphatic heterocycles. The summed E-state index contributed by atoms with van der Waals surface area (Å²) in [5.74, 6) is 0. The molecule has 0 bridgehead atoms. The average molecular weight is 205 g/mol. The molecule has 58 valence electrons. The number of hydrogen-bond donors (Lipinski definition) is 4. The minimum absolute atomic E-state index is 0. The summed E-state index contributed by atoms with van der Waals surface area (Å²) in [7, 11) is 0. The van der Waals surface area contributed by atoms with E-state index in [2.05, 4.69) is 4.74 Å². The summed E-state index contributed by atoms with van der Waals surface area (Å²) >= 11 is 0. The topological polar surface area (TPSA) is 154 Å². The number of ether oxygens (including phenoxy) is 1. The predicted octanol–water partition coefficient (Wildman–Crippen LogP) is 0.680. The standard InChI is InChI=1S/C2H2O5.2H3N.Zn/c3-1(4)7-2(5)6;;;/h(H,3,4)(H,5,6);2*1H3;. The molecular weight excluding hydrogens is 197 g/mol. The summed E-state index contributed by atoms with van der Waals surface area (Å²) in [6, 6.07) is 0. The van der Waals surface area contributed by atoms with Crippen molar-refractivity contribution in [2.45, 2.75) is 0 Å². The molecule has 0 atom stereocenters. The van der Waals surface area contributed by atoms with Crippen LogP contribution in [0, 0.1) is 0 Å². The van der Waals surface area contributed by atoms with Crippen LogP contribution in [-0.2, 0) is 24.2 Å². The number of rotatable bonds is 0. The van der Waals surface area contributed by atoms with Gasteiger partial charge in [0, 0.05) is 19.5 Å². The Bertz CT molecular complexity index is 93.8. The van der Waals surface area contributed by atoms with Crippen molar-refractivity contribution >= 4 is 12.3 Å². The molecule has 0 fully saturated rings. The molecule has 0 aromatic heterocycles. The fourth-order valence-electron chi connectivity index (χ4n) is 0.0747. The SMILES string of the molecule is N.N.O=C(O)OC(=O)O.[Zn]. The third-order valence-corrected chi connectivity index (χ3v) is 0.175. The van der Waals surface area contributed by atoms with Crippen LogP contribution in [0.1, 0.15) is 0 Å². The minimum Gasteiger partial charge on any atom is -0.449 e. The van der Waals surface area contributed by atoms with E-state index >= 15 is 0 Å². The van der Waals surface area contributed by atoms with Crippen LogP contribution in [0.3, 0.4) is 0 Å². The van der Waals surface area contributed by atoms with E-state index in [1.54, 1.807) is 0 Å². The van der Waals surface area contributed by atoms with Gasteiger partial charge in [-0.3, -0.25) is 0 Å². The second kappa shape index (κ2) is 11.1. The van der Waals surface area contributed by atoms with E-state index < -0.39 is 12.3 Å². The van der Waals surface area contributed by atoms with Crippen molar-refractivity contribution in [3.05, 3.63) is 0 Å². The van der Waals surface area contributed by atoms with Crippen molar-refractivity contribution in [3.8, 4) is 0 Å². The summed E-state index contributed by atoms with van der Waals surface area (Å²) in [4.78, 5) is 18.4. The van der Waals surface area contributed by atoms with Gasteiger partial charge in [0.15, 0.2) is 0 Å². The van der Waals surface area contributed by atoms with Gasteiger partial charge in [0.05, 0.1) is 0 Å². The van der Waals surface area contributed by atoms with Crippen LogP contribution in [-0.4, -0.2) is 22.5 Å². The second-order valence-corrected chi connectivity index (χ2v) is 0.634. The van der Waals surface area contributed by atoms with Crippen molar-refractivity contribution in [3.63, 3.8) is 0 Å². The summed E-state index contributed by atoms with van der Waals surface area (Å²) in [6.45, 7) is 0. The fourth-order valence-corrected chi connectivity index (χ4v) is 0.0747. The number of carbonyl (C=O) groups is 2. The van der Waals surface area contributed by atoms with E-state index in [1.807, 2.05) is 0 Å². The molecule has 0 unspecified atom stereocenters. The largest absolute Gasteiger partial charge is 0.516 e. The van der Waals surface area contributed by atoms with Gasteiger partial charge < -0.3 is 27.3 Å². The Labute approximate surface area is 69.3 Å². The van der Waals surface area contributed by atoms with Crippen molar-refractivity contribution in [2.75, 3.05) is 0 Å². The van der Waals surface area contributed by atoms with Gasteiger partial charge in [0.1, 0.15) is 0 Å². The van der Waals surface area contributed by atoms with E-state index in [0.29, 0.717) is 0 Å². The van der Waals surface area contributed by atoms with E-state index in [4.69, 9.17) is 10.2 Å². The zero-order valence-electron chi connectivity index (χ0n) is 5.24. The van der Waals surface area contributed by atoms with Crippen LogP contribution in [0.5, 0.6) is 0 Å². The fraction of sp³-hybridized carbons (Fsp3) is 0. The molecule has 0 aromatic rings. The van der Waals surface area contributed by atoms with E-state index in [1.165, 1.54) is 0 Å². The second-order valence-electron chi connectivity index (χ2n) is 0.634. The third kappa shape index (κ3) is 26.7. The Hall–Kier alpha value is -0.717. The van der Waals surface area contributed by atoms with Crippen LogP contribution >= 0.6 is 0 Å². The molecule has 0 radical (unpaired) electrons. The van der Waals surface area contributed by atoms with E-state index in [9.17, 15) is 9.59 Å². The smallest absolute Gasteiger partial charge is 0.449 e. The van der Waals surface area contributed by atoms with E-state index in [0.717, 1.165) is 0 Å². The first kappa shape index (κ1) is 22.8. The van der Waals surface area contributed by atoms with Crippen LogP contribution < -0.4 is 12.3 Å². The molecule has 0 spiro atoms. The van der Waals surface area contributed by atoms with Gasteiger partial charge >= 0.3 is 12.3 Å². The predicted molar refractivity (Wildman–Crippen MR) is 27.2 cm³/mol. The molecule has 0 saturated heterocycles. The van der Waals surface area contributed by atoms with Crippen molar-refractivity contribution in [1.29, 1.82) is 0 Å². The Morgan fingerprint density at radius 3 is 1.20 bits per heavy atom. The summed E-state index contributed by atoms with van der Waals surface area (Å²) in [5.41, 5.74) is 0.